The number of carbonyl (C=O) groups excluding carboxylic acids is 2. The minimum Gasteiger partial charge on any atom is -0.444 e. The number of hydrogen-bond acceptors (Lipinski definition) is 5. The zero-order valence-electron chi connectivity index (χ0n) is 20.3. The molecule has 32 heavy (non-hydrogen) atoms. The molecule has 0 unspecified atom stereocenters. The van der Waals surface area contributed by atoms with Crippen LogP contribution >= 0.6 is 0 Å². The van der Waals surface area contributed by atoms with Gasteiger partial charge in [0.05, 0.1) is 4.90 Å². The monoisotopic (exact) mass is 467 g/mol. The molecule has 2 rings (SSSR count). The molecule has 9 heteroatoms. The predicted molar refractivity (Wildman–Crippen MR) is 124 cm³/mol. The van der Waals surface area contributed by atoms with E-state index < -0.39 is 15.6 Å². The van der Waals surface area contributed by atoms with Gasteiger partial charge in [0, 0.05) is 45.3 Å². The van der Waals surface area contributed by atoms with E-state index in [0.717, 1.165) is 17.1 Å². The normalized spacial score (nSPS) is 17.5. The summed E-state index contributed by atoms with van der Waals surface area (Å²) >= 11 is 0. The molecular weight excluding hydrogens is 430 g/mol. The third kappa shape index (κ3) is 6.68. The van der Waals surface area contributed by atoms with Gasteiger partial charge in [0.15, 0.2) is 0 Å². The largest absolute Gasteiger partial charge is 0.444 e. The van der Waals surface area contributed by atoms with Gasteiger partial charge in [-0.1, -0.05) is 0 Å². The lowest BCUT2D eigenvalue weighted by Gasteiger charge is -2.37. The van der Waals surface area contributed by atoms with Gasteiger partial charge >= 0.3 is 6.09 Å². The molecule has 0 saturated carbocycles. The predicted octanol–water partition coefficient (Wildman–Crippen LogP) is 3.43. The van der Waals surface area contributed by atoms with E-state index in [4.69, 9.17) is 4.74 Å². The average Bonchev–Trinajstić information content (AvgIpc) is 2.70. The lowest BCUT2D eigenvalue weighted by Crippen LogP contribution is -2.48. The molecule has 0 radical (unpaired) electrons. The number of rotatable bonds is 6. The summed E-state index contributed by atoms with van der Waals surface area (Å²) < 4.78 is 31.2. The number of hydrogen-bond donors (Lipinski definition) is 0. The number of sulfonamides is 1. The molecule has 0 aliphatic carbocycles. The van der Waals surface area contributed by atoms with Crippen molar-refractivity contribution in [2.24, 2.45) is 5.92 Å². The van der Waals surface area contributed by atoms with Crippen LogP contribution in [0.25, 0.3) is 0 Å². The Balaban J connectivity index is 2.08. The molecule has 1 aliphatic heterocycles. The minimum atomic E-state index is -3.54. The molecule has 0 N–H and O–H groups in total. The Kier molecular flexibility index (Phi) is 8.33. The van der Waals surface area contributed by atoms with Gasteiger partial charge in [-0.05, 0) is 77.6 Å². The summed E-state index contributed by atoms with van der Waals surface area (Å²) in [6, 6.07) is 6.04. The molecule has 8 nitrogen and oxygen atoms in total. The van der Waals surface area contributed by atoms with Crippen molar-refractivity contribution in [3.63, 3.8) is 0 Å². The van der Waals surface area contributed by atoms with E-state index in [2.05, 4.69) is 0 Å². The molecule has 1 heterocycles. The number of nitrogens with zero attached hydrogens (tertiary/aromatic N) is 3. The van der Waals surface area contributed by atoms with Crippen LogP contribution in [0.4, 0.5) is 4.79 Å². The first kappa shape index (κ1) is 26.1. The van der Waals surface area contributed by atoms with Crippen LogP contribution in [0.2, 0.25) is 0 Å². The summed E-state index contributed by atoms with van der Waals surface area (Å²) in [5.74, 6) is 0.0212. The van der Waals surface area contributed by atoms with Crippen LogP contribution in [0.5, 0.6) is 0 Å². The van der Waals surface area contributed by atoms with E-state index in [-0.39, 0.29) is 28.9 Å². The highest BCUT2D eigenvalue weighted by atomic mass is 32.2. The SMILES string of the molecule is CC(C)N(C[C@@H]1CCCN(C(=O)c2ccc(S(=O)(=O)N(C)C)cc2)C1)C(=O)OC(C)(C)C. The van der Waals surface area contributed by atoms with E-state index in [9.17, 15) is 18.0 Å². The van der Waals surface area contributed by atoms with Crippen molar-refractivity contribution < 1.29 is 22.7 Å². The molecule has 1 fully saturated rings. The summed E-state index contributed by atoms with van der Waals surface area (Å²) in [7, 11) is -0.592. The maximum absolute atomic E-state index is 13.0. The Hall–Kier alpha value is -2.13. The fraction of sp³-hybridized carbons (Fsp3) is 0.652. The van der Waals surface area contributed by atoms with Crippen molar-refractivity contribution in [2.45, 2.75) is 64.0 Å². The quantitative estimate of drug-likeness (QED) is 0.640. The number of likely N-dealkylation sites (tertiary alicyclic amines) is 1. The smallest absolute Gasteiger partial charge is 0.410 e. The van der Waals surface area contributed by atoms with Gasteiger partial charge in [0.1, 0.15) is 5.60 Å². The highest BCUT2D eigenvalue weighted by molar-refractivity contribution is 7.89. The number of amides is 2. The molecule has 1 aliphatic rings. The molecule has 1 saturated heterocycles. The standard InChI is InChI=1S/C23H37N3O5S/c1-17(2)26(22(28)31-23(3,4)5)16-18-9-8-14-25(15-18)21(27)19-10-12-20(13-11-19)32(29,30)24(6)7/h10-13,17-18H,8-9,14-16H2,1-7H3/t18-/m1/s1. The second kappa shape index (κ2) is 10.2. The molecule has 0 spiro atoms. The first-order valence-electron chi connectivity index (χ1n) is 11.0. The van der Waals surface area contributed by atoms with Crippen LogP contribution in [0, 0.1) is 5.92 Å². The second-order valence-corrected chi connectivity index (χ2v) is 11.9. The van der Waals surface area contributed by atoms with E-state index in [1.165, 1.54) is 26.2 Å². The van der Waals surface area contributed by atoms with Crippen molar-refractivity contribution in [2.75, 3.05) is 33.7 Å². The lowest BCUT2D eigenvalue weighted by atomic mass is 9.96. The van der Waals surface area contributed by atoms with Crippen LogP contribution in [0.1, 0.15) is 57.8 Å². The van der Waals surface area contributed by atoms with Crippen molar-refractivity contribution in [3.8, 4) is 0 Å². The first-order valence-corrected chi connectivity index (χ1v) is 12.5. The number of ether oxygens (including phenoxy) is 1. The number of carbonyl (C=O) groups is 2. The van der Waals surface area contributed by atoms with Crippen LogP contribution in [0.15, 0.2) is 29.2 Å². The van der Waals surface area contributed by atoms with Crippen molar-refractivity contribution in [3.05, 3.63) is 29.8 Å². The van der Waals surface area contributed by atoms with Gasteiger partial charge in [-0.25, -0.2) is 17.5 Å². The number of benzene rings is 1. The van der Waals surface area contributed by atoms with Crippen LogP contribution in [-0.2, 0) is 14.8 Å². The Labute approximate surface area is 192 Å². The topological polar surface area (TPSA) is 87.2 Å². The van der Waals surface area contributed by atoms with Crippen molar-refractivity contribution >= 4 is 22.0 Å². The molecule has 0 bridgehead atoms. The maximum atomic E-state index is 13.0. The van der Waals surface area contributed by atoms with Crippen LogP contribution in [-0.4, -0.2) is 79.9 Å². The zero-order chi connectivity index (χ0) is 24.3. The third-order valence-electron chi connectivity index (χ3n) is 5.39. The van der Waals surface area contributed by atoms with Gasteiger partial charge in [0.25, 0.3) is 5.91 Å². The Morgan fingerprint density at radius 2 is 1.75 bits per heavy atom. The van der Waals surface area contributed by atoms with Crippen LogP contribution < -0.4 is 0 Å². The minimum absolute atomic E-state index is 0.0119. The second-order valence-electron chi connectivity index (χ2n) is 9.80. The van der Waals surface area contributed by atoms with Crippen molar-refractivity contribution in [1.82, 2.24) is 14.1 Å². The summed E-state index contributed by atoms with van der Waals surface area (Å²) in [6.07, 6.45) is 1.44. The van der Waals surface area contributed by atoms with E-state index in [0.29, 0.717) is 25.2 Å². The van der Waals surface area contributed by atoms with Gasteiger partial charge in [0.2, 0.25) is 10.0 Å². The molecule has 1 aromatic rings. The maximum Gasteiger partial charge on any atom is 0.410 e. The first-order chi connectivity index (χ1) is 14.7. The Bertz CT molecular complexity index is 905. The lowest BCUT2D eigenvalue weighted by molar-refractivity contribution is 0.0124. The summed E-state index contributed by atoms with van der Waals surface area (Å²) in [6.45, 7) is 11.2. The molecule has 2 amide bonds. The Morgan fingerprint density at radius 1 is 1.16 bits per heavy atom. The summed E-state index contributed by atoms with van der Waals surface area (Å²) in [5.41, 5.74) is -0.110. The third-order valence-corrected chi connectivity index (χ3v) is 7.22. The van der Waals surface area contributed by atoms with E-state index in [1.54, 1.807) is 21.9 Å². The van der Waals surface area contributed by atoms with Crippen molar-refractivity contribution in [1.29, 1.82) is 0 Å². The van der Waals surface area contributed by atoms with Gasteiger partial charge in [-0.3, -0.25) is 4.79 Å². The molecule has 1 atom stereocenters. The zero-order valence-corrected chi connectivity index (χ0v) is 21.1. The van der Waals surface area contributed by atoms with Gasteiger partial charge < -0.3 is 14.5 Å². The fourth-order valence-corrected chi connectivity index (χ4v) is 4.56. The summed E-state index contributed by atoms with van der Waals surface area (Å²) in [5, 5.41) is 0. The van der Waals surface area contributed by atoms with E-state index in [1.807, 2.05) is 34.6 Å². The molecule has 0 aromatic heterocycles. The highest BCUT2D eigenvalue weighted by Gasteiger charge is 2.30. The fourth-order valence-electron chi connectivity index (χ4n) is 3.66. The molecule has 1 aromatic carbocycles. The molecule has 180 valence electrons. The highest BCUT2D eigenvalue weighted by Crippen LogP contribution is 2.23. The van der Waals surface area contributed by atoms with Crippen LogP contribution in [0.3, 0.4) is 0 Å². The average molecular weight is 468 g/mol. The van der Waals surface area contributed by atoms with E-state index >= 15 is 0 Å². The number of piperidine rings is 1. The molecular formula is C23H37N3O5S. The van der Waals surface area contributed by atoms with Gasteiger partial charge in [-0.2, -0.15) is 0 Å². The van der Waals surface area contributed by atoms with Gasteiger partial charge in [-0.15, -0.1) is 0 Å². The Morgan fingerprint density at radius 3 is 2.25 bits per heavy atom. The summed E-state index contributed by atoms with van der Waals surface area (Å²) in [4.78, 5) is 29.4.